The van der Waals surface area contributed by atoms with Gasteiger partial charge in [0.05, 0.1) is 17.6 Å². The molecule has 0 bridgehead atoms. The lowest BCUT2D eigenvalue weighted by atomic mass is 10.2. The van der Waals surface area contributed by atoms with E-state index in [0.29, 0.717) is 12.5 Å². The molecule has 0 atom stereocenters. The largest absolute Gasteiger partial charge is 0.365 e. The number of rotatable bonds is 7. The average molecular weight is 248 g/mol. The first-order valence-corrected chi connectivity index (χ1v) is 6.55. The van der Waals surface area contributed by atoms with Crippen molar-refractivity contribution in [3.8, 4) is 0 Å². The third-order valence-corrected chi connectivity index (χ3v) is 2.76. The van der Waals surface area contributed by atoms with Gasteiger partial charge in [0.25, 0.3) is 0 Å². The van der Waals surface area contributed by atoms with Gasteiger partial charge in [0, 0.05) is 25.6 Å². The Morgan fingerprint density at radius 3 is 2.72 bits per heavy atom. The summed E-state index contributed by atoms with van der Waals surface area (Å²) in [7, 11) is 0. The van der Waals surface area contributed by atoms with Crippen molar-refractivity contribution in [2.24, 2.45) is 5.73 Å². The molecule has 100 valence electrons. The van der Waals surface area contributed by atoms with E-state index in [2.05, 4.69) is 42.2 Å². The van der Waals surface area contributed by atoms with Crippen molar-refractivity contribution in [3.05, 3.63) is 30.4 Å². The normalized spacial score (nSPS) is 10.7. The third-order valence-electron chi connectivity index (χ3n) is 2.76. The molecule has 0 fully saturated rings. The Balaban J connectivity index is 3.08. The molecular weight excluding hydrogens is 224 g/mol. The second-order valence-corrected chi connectivity index (χ2v) is 4.65. The maximum Gasteiger partial charge on any atom is 0.131 e. The van der Waals surface area contributed by atoms with Crippen LogP contribution in [0, 0.1) is 0 Å². The van der Waals surface area contributed by atoms with Crippen LogP contribution in [-0.2, 0) is 6.54 Å². The summed E-state index contributed by atoms with van der Waals surface area (Å²) in [5.41, 5.74) is 7.76. The molecule has 0 spiro atoms. The molecule has 0 unspecified atom stereocenters. The summed E-state index contributed by atoms with van der Waals surface area (Å²) in [4.78, 5) is 11.2. The zero-order valence-corrected chi connectivity index (χ0v) is 11.7. The van der Waals surface area contributed by atoms with Gasteiger partial charge in [0.2, 0.25) is 0 Å². The zero-order valence-electron chi connectivity index (χ0n) is 11.7. The second-order valence-electron chi connectivity index (χ2n) is 4.65. The number of hydrogen-bond acceptors (Lipinski definition) is 4. The molecule has 2 N–H and O–H groups in total. The van der Waals surface area contributed by atoms with Gasteiger partial charge in [-0.15, -0.1) is 6.58 Å². The Labute approximate surface area is 110 Å². The van der Waals surface area contributed by atoms with E-state index >= 15 is 0 Å². The Hall–Kier alpha value is -1.42. The Kier molecular flexibility index (Phi) is 5.78. The quantitative estimate of drug-likeness (QED) is 0.753. The van der Waals surface area contributed by atoms with Crippen LogP contribution >= 0.6 is 0 Å². The highest BCUT2D eigenvalue weighted by atomic mass is 15.1. The predicted octanol–water partition coefficient (Wildman–Crippen LogP) is 2.46. The van der Waals surface area contributed by atoms with E-state index in [0.717, 1.165) is 36.7 Å². The molecule has 0 aromatic carbocycles. The molecule has 0 amide bonds. The van der Waals surface area contributed by atoms with Crippen LogP contribution in [0.3, 0.4) is 0 Å². The van der Waals surface area contributed by atoms with Gasteiger partial charge in [-0.3, -0.25) is 0 Å². The molecule has 0 aliphatic carbocycles. The van der Waals surface area contributed by atoms with E-state index in [-0.39, 0.29) is 0 Å². The van der Waals surface area contributed by atoms with Gasteiger partial charge in [-0.1, -0.05) is 26.8 Å². The van der Waals surface area contributed by atoms with E-state index < -0.39 is 0 Å². The molecule has 0 aliphatic rings. The molecular formula is C14H24N4. The van der Waals surface area contributed by atoms with Gasteiger partial charge in [0.15, 0.2) is 0 Å². The molecule has 4 heteroatoms. The molecule has 0 saturated carbocycles. The highest BCUT2D eigenvalue weighted by Crippen LogP contribution is 2.20. The summed E-state index contributed by atoms with van der Waals surface area (Å²) in [6.07, 6.45) is 4.86. The van der Waals surface area contributed by atoms with Gasteiger partial charge in [-0.25, -0.2) is 9.97 Å². The Morgan fingerprint density at radius 2 is 2.22 bits per heavy atom. The molecule has 0 radical (unpaired) electrons. The van der Waals surface area contributed by atoms with Crippen LogP contribution in [0.2, 0.25) is 0 Å². The number of nitrogens with zero attached hydrogens (tertiary/aromatic N) is 3. The first kappa shape index (κ1) is 14.6. The molecule has 1 heterocycles. The number of anilines is 1. The van der Waals surface area contributed by atoms with Gasteiger partial charge in [0.1, 0.15) is 5.82 Å². The molecule has 0 aliphatic heterocycles. The number of nitrogens with two attached hydrogens (primary N) is 1. The molecule has 0 saturated heterocycles. The van der Waals surface area contributed by atoms with Gasteiger partial charge >= 0.3 is 0 Å². The molecule has 1 aromatic heterocycles. The lowest BCUT2D eigenvalue weighted by Crippen LogP contribution is -2.26. The van der Waals surface area contributed by atoms with E-state index in [1.54, 1.807) is 0 Å². The predicted molar refractivity (Wildman–Crippen MR) is 76.7 cm³/mol. The minimum atomic E-state index is 0.323. The van der Waals surface area contributed by atoms with Crippen molar-refractivity contribution in [2.75, 3.05) is 18.0 Å². The van der Waals surface area contributed by atoms with Crippen LogP contribution < -0.4 is 10.6 Å². The van der Waals surface area contributed by atoms with E-state index in [1.165, 1.54) is 0 Å². The summed E-state index contributed by atoms with van der Waals surface area (Å²) >= 11 is 0. The second kappa shape index (κ2) is 7.11. The van der Waals surface area contributed by atoms with Gasteiger partial charge in [-0.05, 0) is 6.42 Å². The molecule has 4 nitrogen and oxygen atoms in total. The first-order valence-electron chi connectivity index (χ1n) is 6.55. The van der Waals surface area contributed by atoms with Gasteiger partial charge < -0.3 is 10.6 Å². The monoisotopic (exact) mass is 248 g/mol. The highest BCUT2D eigenvalue weighted by Gasteiger charge is 2.13. The Bertz CT molecular complexity index is 387. The molecule has 1 rings (SSSR count). The fraction of sp³-hybridized carbons (Fsp3) is 0.571. The van der Waals surface area contributed by atoms with Crippen molar-refractivity contribution in [1.82, 2.24) is 9.97 Å². The van der Waals surface area contributed by atoms with Crippen molar-refractivity contribution in [3.63, 3.8) is 0 Å². The summed E-state index contributed by atoms with van der Waals surface area (Å²) < 4.78 is 0. The van der Waals surface area contributed by atoms with E-state index in [1.807, 2.05) is 12.3 Å². The van der Waals surface area contributed by atoms with Crippen LogP contribution in [0.25, 0.3) is 0 Å². The molecule has 18 heavy (non-hydrogen) atoms. The van der Waals surface area contributed by atoms with Crippen LogP contribution in [-0.4, -0.2) is 23.1 Å². The van der Waals surface area contributed by atoms with Crippen molar-refractivity contribution in [1.29, 1.82) is 0 Å². The maximum absolute atomic E-state index is 5.81. The topological polar surface area (TPSA) is 55.0 Å². The van der Waals surface area contributed by atoms with Gasteiger partial charge in [-0.2, -0.15) is 0 Å². The Morgan fingerprint density at radius 1 is 1.50 bits per heavy atom. The zero-order chi connectivity index (χ0) is 13.5. The SMILES string of the molecule is C=CCN(CCC)c1cnc(C(C)C)nc1CN. The van der Waals surface area contributed by atoms with E-state index in [9.17, 15) is 0 Å². The van der Waals surface area contributed by atoms with Crippen molar-refractivity contribution >= 4 is 5.69 Å². The lowest BCUT2D eigenvalue weighted by molar-refractivity contribution is 0.740. The smallest absolute Gasteiger partial charge is 0.131 e. The van der Waals surface area contributed by atoms with Crippen LogP contribution in [0.1, 0.15) is 44.6 Å². The van der Waals surface area contributed by atoms with Crippen molar-refractivity contribution < 1.29 is 0 Å². The summed E-state index contributed by atoms with van der Waals surface area (Å²) in [5, 5.41) is 0. The number of hydrogen-bond donors (Lipinski definition) is 1. The van der Waals surface area contributed by atoms with Crippen LogP contribution in [0.15, 0.2) is 18.9 Å². The first-order chi connectivity index (χ1) is 8.63. The van der Waals surface area contributed by atoms with Crippen LogP contribution in [0.5, 0.6) is 0 Å². The van der Waals surface area contributed by atoms with Crippen LogP contribution in [0.4, 0.5) is 5.69 Å². The minimum Gasteiger partial charge on any atom is -0.365 e. The lowest BCUT2D eigenvalue weighted by Gasteiger charge is -2.24. The van der Waals surface area contributed by atoms with E-state index in [4.69, 9.17) is 5.73 Å². The molecule has 1 aromatic rings. The minimum absolute atomic E-state index is 0.323. The summed E-state index contributed by atoms with van der Waals surface area (Å²) in [5.74, 6) is 1.18. The standard InChI is InChI=1S/C14H24N4/c1-5-7-18(8-6-2)13-10-16-14(11(3)4)17-12(13)9-15/h5,10-11H,1,6-9,15H2,2-4H3. The van der Waals surface area contributed by atoms with Crippen molar-refractivity contribution in [2.45, 2.75) is 39.7 Å². The fourth-order valence-corrected chi connectivity index (χ4v) is 1.85. The maximum atomic E-state index is 5.81. The number of aromatic nitrogens is 2. The average Bonchev–Trinajstić information content (AvgIpc) is 2.37. The summed E-state index contributed by atoms with van der Waals surface area (Å²) in [6.45, 7) is 12.3. The summed E-state index contributed by atoms with van der Waals surface area (Å²) in [6, 6.07) is 0. The highest BCUT2D eigenvalue weighted by molar-refractivity contribution is 5.49. The third kappa shape index (κ3) is 3.53. The fourth-order valence-electron chi connectivity index (χ4n) is 1.85.